The first-order valence-corrected chi connectivity index (χ1v) is 9.17. The number of hydrogen-bond donors (Lipinski definition) is 0. The molecular formula is C21H20ClNO5. The molecular weight excluding hydrogens is 382 g/mol. The molecule has 146 valence electrons. The number of nitrogens with zero attached hydrogens (tertiary/aromatic N) is 1. The van der Waals surface area contributed by atoms with Gasteiger partial charge in [0.2, 0.25) is 5.91 Å². The summed E-state index contributed by atoms with van der Waals surface area (Å²) in [4.78, 5) is 38.4. The van der Waals surface area contributed by atoms with Gasteiger partial charge < -0.3 is 14.4 Å². The van der Waals surface area contributed by atoms with Crippen LogP contribution in [0.2, 0.25) is 5.02 Å². The molecule has 0 aromatic heterocycles. The third-order valence-corrected chi connectivity index (χ3v) is 4.92. The first-order valence-electron chi connectivity index (χ1n) is 8.79. The largest absolute Gasteiger partial charge is 0.495 e. The number of carbonyl (C=O) groups excluding carboxylic acids is 3. The highest BCUT2D eigenvalue weighted by atomic mass is 35.5. The Morgan fingerprint density at radius 2 is 1.89 bits per heavy atom. The van der Waals surface area contributed by atoms with E-state index in [-0.39, 0.29) is 24.7 Å². The van der Waals surface area contributed by atoms with Crippen LogP contribution in [0.15, 0.2) is 42.5 Å². The second-order valence-electron chi connectivity index (χ2n) is 6.62. The van der Waals surface area contributed by atoms with E-state index in [1.54, 1.807) is 17.0 Å². The number of amides is 1. The smallest absolute Gasteiger partial charge is 0.311 e. The fourth-order valence-corrected chi connectivity index (χ4v) is 3.28. The number of methoxy groups -OCH3 is 1. The molecule has 1 aliphatic heterocycles. The predicted octanol–water partition coefficient (Wildman–Crippen LogP) is 3.44. The molecule has 1 amide bonds. The Morgan fingerprint density at radius 3 is 2.54 bits per heavy atom. The van der Waals surface area contributed by atoms with Crippen LogP contribution in [0.25, 0.3) is 0 Å². The Labute approximate surface area is 168 Å². The monoisotopic (exact) mass is 401 g/mol. The Morgan fingerprint density at radius 1 is 1.18 bits per heavy atom. The Kier molecular flexibility index (Phi) is 5.99. The number of ketones is 1. The normalized spacial score (nSPS) is 16.2. The number of benzene rings is 2. The number of esters is 1. The molecule has 28 heavy (non-hydrogen) atoms. The van der Waals surface area contributed by atoms with E-state index < -0.39 is 18.5 Å². The van der Waals surface area contributed by atoms with E-state index in [1.807, 2.05) is 31.2 Å². The molecule has 6 nitrogen and oxygen atoms in total. The quantitative estimate of drug-likeness (QED) is 0.547. The van der Waals surface area contributed by atoms with Crippen molar-refractivity contribution >= 4 is 34.9 Å². The second kappa shape index (κ2) is 8.44. The van der Waals surface area contributed by atoms with Gasteiger partial charge in [-0.25, -0.2) is 0 Å². The van der Waals surface area contributed by atoms with Gasteiger partial charge >= 0.3 is 5.97 Å². The summed E-state index contributed by atoms with van der Waals surface area (Å²) in [5, 5.41) is 0.301. The number of hydrogen-bond acceptors (Lipinski definition) is 5. The molecule has 1 fully saturated rings. The van der Waals surface area contributed by atoms with Crippen molar-refractivity contribution in [2.75, 3.05) is 25.2 Å². The Hall–Kier alpha value is -2.86. The van der Waals surface area contributed by atoms with E-state index in [0.29, 0.717) is 16.3 Å². The SMILES string of the molecule is COc1ccc(C(=O)COC(=O)[C@@H]2CC(=O)N(c3ccc(C)cc3)C2)cc1Cl. The van der Waals surface area contributed by atoms with Crippen LogP contribution >= 0.6 is 11.6 Å². The lowest BCUT2D eigenvalue weighted by Gasteiger charge is -2.16. The molecule has 2 aromatic rings. The minimum Gasteiger partial charge on any atom is -0.495 e. The number of Topliss-reactive ketones (excluding diaryl/α,β-unsaturated/α-hetero) is 1. The van der Waals surface area contributed by atoms with Gasteiger partial charge in [-0.2, -0.15) is 0 Å². The second-order valence-corrected chi connectivity index (χ2v) is 7.03. The molecule has 3 rings (SSSR count). The highest BCUT2D eigenvalue weighted by Crippen LogP contribution is 2.27. The molecule has 7 heteroatoms. The minimum atomic E-state index is -0.596. The van der Waals surface area contributed by atoms with Gasteiger partial charge in [-0.15, -0.1) is 0 Å². The van der Waals surface area contributed by atoms with Crippen LogP contribution in [-0.2, 0) is 14.3 Å². The summed E-state index contributed by atoms with van der Waals surface area (Å²) in [6.45, 7) is 1.79. The van der Waals surface area contributed by atoms with Gasteiger partial charge in [-0.05, 0) is 37.3 Å². The molecule has 0 radical (unpaired) electrons. The Bertz CT molecular complexity index is 910. The van der Waals surface area contributed by atoms with Crippen molar-refractivity contribution in [3.8, 4) is 5.75 Å². The van der Waals surface area contributed by atoms with Crippen LogP contribution in [0, 0.1) is 12.8 Å². The summed E-state index contributed by atoms with van der Waals surface area (Å²) in [5.74, 6) is -1.22. The van der Waals surface area contributed by atoms with Crippen molar-refractivity contribution in [1.29, 1.82) is 0 Å². The van der Waals surface area contributed by atoms with Crippen molar-refractivity contribution in [2.24, 2.45) is 5.92 Å². The third-order valence-electron chi connectivity index (χ3n) is 4.62. The average molecular weight is 402 g/mol. The standard InChI is InChI=1S/C21H20ClNO5/c1-13-3-6-16(7-4-13)23-11-15(10-20(23)25)21(26)28-12-18(24)14-5-8-19(27-2)17(22)9-14/h3-9,15H,10-12H2,1-2H3/t15-/m1/s1. The van der Waals surface area contributed by atoms with Crippen molar-refractivity contribution in [3.63, 3.8) is 0 Å². The number of carbonyl (C=O) groups is 3. The molecule has 1 saturated heterocycles. The van der Waals surface area contributed by atoms with Crippen molar-refractivity contribution in [2.45, 2.75) is 13.3 Å². The summed E-state index contributed by atoms with van der Waals surface area (Å²) in [7, 11) is 1.48. The summed E-state index contributed by atoms with van der Waals surface area (Å²) >= 11 is 6.01. The van der Waals surface area contributed by atoms with Gasteiger partial charge in [-0.1, -0.05) is 29.3 Å². The van der Waals surface area contributed by atoms with E-state index in [2.05, 4.69) is 0 Å². The van der Waals surface area contributed by atoms with Crippen LogP contribution in [-0.4, -0.2) is 37.9 Å². The molecule has 1 aliphatic rings. The third kappa shape index (κ3) is 4.34. The number of ether oxygens (including phenoxy) is 2. The lowest BCUT2D eigenvalue weighted by molar-refractivity contribution is -0.147. The fraction of sp³-hybridized carbons (Fsp3) is 0.286. The highest BCUT2D eigenvalue weighted by molar-refractivity contribution is 6.32. The molecule has 0 spiro atoms. The molecule has 1 heterocycles. The maximum absolute atomic E-state index is 12.3. The topological polar surface area (TPSA) is 72.9 Å². The van der Waals surface area contributed by atoms with Crippen LogP contribution in [0.1, 0.15) is 22.3 Å². The van der Waals surface area contributed by atoms with Crippen LogP contribution in [0.5, 0.6) is 5.75 Å². The van der Waals surface area contributed by atoms with Gasteiger partial charge in [0.15, 0.2) is 12.4 Å². The number of halogens is 1. The van der Waals surface area contributed by atoms with E-state index in [4.69, 9.17) is 21.1 Å². The molecule has 0 aliphatic carbocycles. The van der Waals surface area contributed by atoms with Crippen molar-refractivity contribution < 1.29 is 23.9 Å². The van der Waals surface area contributed by atoms with Gasteiger partial charge in [0, 0.05) is 24.2 Å². The van der Waals surface area contributed by atoms with E-state index in [0.717, 1.165) is 11.3 Å². The summed E-state index contributed by atoms with van der Waals surface area (Å²) in [6, 6.07) is 12.1. The summed E-state index contributed by atoms with van der Waals surface area (Å²) in [6.07, 6.45) is 0.0647. The zero-order valence-corrected chi connectivity index (χ0v) is 16.4. The first kappa shape index (κ1) is 19.9. The lowest BCUT2D eigenvalue weighted by Crippen LogP contribution is -2.27. The molecule has 1 atom stereocenters. The van der Waals surface area contributed by atoms with Crippen molar-refractivity contribution in [3.05, 3.63) is 58.6 Å². The van der Waals surface area contributed by atoms with Crippen LogP contribution < -0.4 is 9.64 Å². The molecule has 0 N–H and O–H groups in total. The Balaban J connectivity index is 1.58. The maximum Gasteiger partial charge on any atom is 0.311 e. The van der Waals surface area contributed by atoms with Gasteiger partial charge in [-0.3, -0.25) is 14.4 Å². The zero-order chi connectivity index (χ0) is 20.3. The van der Waals surface area contributed by atoms with Crippen molar-refractivity contribution in [1.82, 2.24) is 0 Å². The van der Waals surface area contributed by atoms with Gasteiger partial charge in [0.05, 0.1) is 18.1 Å². The summed E-state index contributed by atoms with van der Waals surface area (Å²) in [5.41, 5.74) is 2.15. The molecule has 0 bridgehead atoms. The number of anilines is 1. The lowest BCUT2D eigenvalue weighted by atomic mass is 10.1. The van der Waals surface area contributed by atoms with E-state index >= 15 is 0 Å². The van der Waals surface area contributed by atoms with E-state index in [1.165, 1.54) is 13.2 Å². The average Bonchev–Trinajstić information content (AvgIpc) is 3.08. The fourth-order valence-electron chi connectivity index (χ4n) is 3.02. The van der Waals surface area contributed by atoms with Crippen LogP contribution in [0.4, 0.5) is 5.69 Å². The molecule has 2 aromatic carbocycles. The zero-order valence-electron chi connectivity index (χ0n) is 15.6. The van der Waals surface area contributed by atoms with Gasteiger partial charge in [0.25, 0.3) is 0 Å². The highest BCUT2D eigenvalue weighted by Gasteiger charge is 2.36. The first-order chi connectivity index (χ1) is 13.4. The minimum absolute atomic E-state index is 0.0647. The molecule has 0 unspecified atom stereocenters. The maximum atomic E-state index is 12.3. The number of rotatable bonds is 6. The van der Waals surface area contributed by atoms with Crippen LogP contribution in [0.3, 0.4) is 0 Å². The number of aryl methyl sites for hydroxylation is 1. The predicted molar refractivity (Wildman–Crippen MR) is 105 cm³/mol. The van der Waals surface area contributed by atoms with Gasteiger partial charge in [0.1, 0.15) is 5.75 Å². The summed E-state index contributed by atoms with van der Waals surface area (Å²) < 4.78 is 10.2. The van der Waals surface area contributed by atoms with E-state index in [9.17, 15) is 14.4 Å². The molecule has 0 saturated carbocycles.